The van der Waals surface area contributed by atoms with Gasteiger partial charge in [-0.3, -0.25) is 37.3 Å². The van der Waals surface area contributed by atoms with E-state index in [1.807, 2.05) is 0 Å². The molecule has 582 valence electrons. The number of hydrogen-bond donors (Lipinski definition) is 3. The molecule has 3 N–H and O–H groups in total. The Bertz CT molecular complexity index is 1910. The van der Waals surface area contributed by atoms with Gasteiger partial charge in [-0.2, -0.15) is 0 Å². The molecular formula is C79H154O17P2. The number of rotatable bonds is 77. The number of hydrogen-bond acceptors (Lipinski definition) is 15. The third-order valence-electron chi connectivity index (χ3n) is 18.7. The van der Waals surface area contributed by atoms with Crippen molar-refractivity contribution in [3.8, 4) is 0 Å². The maximum absolute atomic E-state index is 13.1. The van der Waals surface area contributed by atoms with E-state index in [1.54, 1.807) is 0 Å². The number of esters is 4. The van der Waals surface area contributed by atoms with Gasteiger partial charge in [-0.15, -0.1) is 0 Å². The summed E-state index contributed by atoms with van der Waals surface area (Å²) >= 11 is 0. The summed E-state index contributed by atoms with van der Waals surface area (Å²) in [7, 11) is -9.92. The zero-order chi connectivity index (χ0) is 72.3. The first-order chi connectivity index (χ1) is 47.3. The molecule has 0 amide bonds. The lowest BCUT2D eigenvalue weighted by Crippen LogP contribution is -2.30. The molecule has 0 aliphatic heterocycles. The first kappa shape index (κ1) is 96.1. The van der Waals surface area contributed by atoms with Gasteiger partial charge in [0.05, 0.1) is 26.4 Å². The van der Waals surface area contributed by atoms with Crippen molar-refractivity contribution in [3.05, 3.63) is 0 Å². The maximum atomic E-state index is 13.1. The number of aliphatic hydroxyl groups excluding tert-OH is 1. The standard InChI is InChI=1S/C79H154O17P2/c1-8-10-11-12-13-14-15-16-17-18-19-20-27-32-41-48-55-62-78(83)95-74(66-89-76(81)60-53-46-39-31-26-22-21-24-29-36-43-50-57-70(3)4)68-93-97(85,86)91-64-73(80)65-92-98(87,88)94-69-75(67-90-77(82)61-54-47-40-35-34-38-45-52-59-72(7)9-2)96-79(84)63-56-49-42-33-28-23-25-30-37-44-51-58-71(5)6/h70-75,80H,8-69H2,1-7H3,(H,85,86)(H,87,88)/t72?,73-,74-,75-/m1/s1. The Morgan fingerprint density at radius 2 is 0.520 bits per heavy atom. The summed E-state index contributed by atoms with van der Waals surface area (Å²) in [6.45, 7) is 11.9. The lowest BCUT2D eigenvalue weighted by atomic mass is 9.99. The van der Waals surface area contributed by atoms with Crippen molar-refractivity contribution in [2.45, 2.75) is 426 Å². The van der Waals surface area contributed by atoms with Gasteiger partial charge in [0, 0.05) is 25.7 Å². The van der Waals surface area contributed by atoms with Gasteiger partial charge in [0.25, 0.3) is 0 Å². The molecule has 0 heterocycles. The molecule has 0 rings (SSSR count). The van der Waals surface area contributed by atoms with Crippen molar-refractivity contribution < 1.29 is 80.2 Å². The van der Waals surface area contributed by atoms with Gasteiger partial charge < -0.3 is 33.8 Å². The molecule has 0 saturated carbocycles. The van der Waals surface area contributed by atoms with E-state index in [4.69, 9.17) is 37.0 Å². The van der Waals surface area contributed by atoms with Gasteiger partial charge >= 0.3 is 39.5 Å². The summed E-state index contributed by atoms with van der Waals surface area (Å²) in [6, 6.07) is 0. The minimum Gasteiger partial charge on any atom is -0.462 e. The second-order valence-corrected chi connectivity index (χ2v) is 32.6. The predicted molar refractivity (Wildman–Crippen MR) is 400 cm³/mol. The molecule has 0 spiro atoms. The maximum Gasteiger partial charge on any atom is 0.472 e. The Labute approximate surface area is 600 Å². The molecule has 0 aromatic carbocycles. The molecule has 19 heteroatoms. The van der Waals surface area contributed by atoms with Gasteiger partial charge in [-0.1, -0.05) is 357 Å². The van der Waals surface area contributed by atoms with E-state index in [0.29, 0.717) is 25.7 Å². The van der Waals surface area contributed by atoms with Gasteiger partial charge in [0.2, 0.25) is 0 Å². The van der Waals surface area contributed by atoms with Crippen LogP contribution in [-0.4, -0.2) is 96.7 Å². The zero-order valence-corrected chi connectivity index (χ0v) is 66.0. The van der Waals surface area contributed by atoms with Crippen LogP contribution in [-0.2, 0) is 65.4 Å². The highest BCUT2D eigenvalue weighted by Crippen LogP contribution is 2.45. The summed E-state index contributed by atoms with van der Waals surface area (Å²) < 4.78 is 68.7. The monoisotopic (exact) mass is 1440 g/mol. The van der Waals surface area contributed by atoms with Crippen LogP contribution < -0.4 is 0 Å². The van der Waals surface area contributed by atoms with Crippen molar-refractivity contribution in [2.24, 2.45) is 17.8 Å². The number of phosphoric acid groups is 2. The van der Waals surface area contributed by atoms with Crippen molar-refractivity contribution in [3.63, 3.8) is 0 Å². The summed E-state index contributed by atoms with van der Waals surface area (Å²) in [6.07, 6.45) is 56.7. The highest BCUT2D eigenvalue weighted by atomic mass is 31.2. The number of carbonyl (C=O) groups excluding carboxylic acids is 4. The van der Waals surface area contributed by atoms with Crippen LogP contribution in [0.3, 0.4) is 0 Å². The second-order valence-electron chi connectivity index (χ2n) is 29.6. The average Bonchev–Trinajstić information content (AvgIpc) is 1.10. The zero-order valence-electron chi connectivity index (χ0n) is 64.3. The average molecular weight is 1440 g/mol. The van der Waals surface area contributed by atoms with E-state index < -0.39 is 97.5 Å². The number of ether oxygens (including phenoxy) is 4. The van der Waals surface area contributed by atoms with E-state index >= 15 is 0 Å². The molecule has 0 aliphatic carbocycles. The Kier molecular flexibility index (Phi) is 68.1. The van der Waals surface area contributed by atoms with Gasteiger partial charge in [-0.05, 0) is 43.4 Å². The fraction of sp³-hybridized carbons (Fsp3) is 0.949. The molecule has 3 unspecified atom stereocenters. The normalized spacial score (nSPS) is 14.3. The van der Waals surface area contributed by atoms with E-state index in [2.05, 4.69) is 48.5 Å². The van der Waals surface area contributed by atoms with E-state index in [-0.39, 0.29) is 25.7 Å². The van der Waals surface area contributed by atoms with Gasteiger partial charge in [-0.25, -0.2) is 9.13 Å². The van der Waals surface area contributed by atoms with Crippen molar-refractivity contribution in [1.29, 1.82) is 0 Å². The van der Waals surface area contributed by atoms with Crippen molar-refractivity contribution in [1.82, 2.24) is 0 Å². The van der Waals surface area contributed by atoms with Crippen LogP contribution in [0.25, 0.3) is 0 Å². The minimum atomic E-state index is -4.96. The number of phosphoric ester groups is 2. The van der Waals surface area contributed by atoms with E-state index in [0.717, 1.165) is 108 Å². The van der Waals surface area contributed by atoms with Crippen LogP contribution in [0.1, 0.15) is 408 Å². The summed E-state index contributed by atoms with van der Waals surface area (Å²) in [4.78, 5) is 73.0. The van der Waals surface area contributed by atoms with Crippen LogP contribution >= 0.6 is 15.6 Å². The highest BCUT2D eigenvalue weighted by molar-refractivity contribution is 7.47. The highest BCUT2D eigenvalue weighted by Gasteiger charge is 2.30. The first-order valence-electron chi connectivity index (χ1n) is 40.9. The predicted octanol–water partition coefficient (Wildman–Crippen LogP) is 23.4. The van der Waals surface area contributed by atoms with Crippen LogP contribution in [0, 0.1) is 17.8 Å². The number of unbranched alkanes of at least 4 members (excludes halogenated alkanes) is 44. The lowest BCUT2D eigenvalue weighted by molar-refractivity contribution is -0.161. The Balaban J connectivity index is 5.27. The molecule has 0 aromatic rings. The molecule has 0 aromatic heterocycles. The van der Waals surface area contributed by atoms with Crippen molar-refractivity contribution >= 4 is 39.5 Å². The molecule has 0 fully saturated rings. The SMILES string of the molecule is CCCCCCCCCCCCCCCCCCCC(=O)O[C@H](COC(=O)CCCCCCCCCCCCCCC(C)C)COP(=O)(O)OC[C@@H](O)COP(=O)(O)OC[C@@H](COC(=O)CCCCCCCCCCC(C)CC)OC(=O)CCCCCCCCCCCCCC(C)C. The van der Waals surface area contributed by atoms with Crippen LogP contribution in [0.15, 0.2) is 0 Å². The van der Waals surface area contributed by atoms with Crippen LogP contribution in [0.5, 0.6) is 0 Å². The molecule has 0 aliphatic rings. The topological polar surface area (TPSA) is 237 Å². The third kappa shape index (κ3) is 71.1. The van der Waals surface area contributed by atoms with E-state index in [9.17, 15) is 43.2 Å². The minimum absolute atomic E-state index is 0.106. The fourth-order valence-corrected chi connectivity index (χ4v) is 13.7. The van der Waals surface area contributed by atoms with Crippen molar-refractivity contribution in [2.75, 3.05) is 39.6 Å². The fourth-order valence-electron chi connectivity index (χ4n) is 12.1. The number of carbonyl (C=O) groups is 4. The molecule has 17 nitrogen and oxygen atoms in total. The van der Waals surface area contributed by atoms with Gasteiger partial charge in [0.15, 0.2) is 12.2 Å². The third-order valence-corrected chi connectivity index (χ3v) is 20.6. The summed E-state index contributed by atoms with van der Waals surface area (Å²) in [5.41, 5.74) is 0. The molecule has 98 heavy (non-hydrogen) atoms. The van der Waals surface area contributed by atoms with Crippen LogP contribution in [0.4, 0.5) is 0 Å². The van der Waals surface area contributed by atoms with E-state index in [1.165, 1.54) is 218 Å². The molecule has 0 bridgehead atoms. The Hall–Kier alpha value is -1.94. The summed E-state index contributed by atoms with van der Waals surface area (Å²) in [5, 5.41) is 10.6. The van der Waals surface area contributed by atoms with Crippen LogP contribution in [0.2, 0.25) is 0 Å². The molecular weight excluding hydrogens is 1280 g/mol. The molecule has 6 atom stereocenters. The Morgan fingerprint density at radius 1 is 0.296 bits per heavy atom. The van der Waals surface area contributed by atoms with Gasteiger partial charge in [0.1, 0.15) is 19.3 Å². The smallest absolute Gasteiger partial charge is 0.462 e. The molecule has 0 saturated heterocycles. The molecule has 0 radical (unpaired) electrons. The quantitative estimate of drug-likeness (QED) is 0.0222. The lowest BCUT2D eigenvalue weighted by Gasteiger charge is -2.21. The largest absolute Gasteiger partial charge is 0.472 e. The second kappa shape index (κ2) is 69.4. The summed E-state index contributed by atoms with van der Waals surface area (Å²) in [5.74, 6) is 0.212. The number of aliphatic hydroxyl groups is 1. The Morgan fingerprint density at radius 3 is 0.776 bits per heavy atom. The first-order valence-corrected chi connectivity index (χ1v) is 43.9.